The number of hydrogen-bond donors (Lipinski definition) is 1. The molecule has 0 spiro atoms. The summed E-state index contributed by atoms with van der Waals surface area (Å²) in [5.41, 5.74) is 1.39. The summed E-state index contributed by atoms with van der Waals surface area (Å²) in [5.74, 6) is 0.344. The van der Waals surface area contributed by atoms with Crippen LogP contribution in [0.15, 0.2) is 64.5 Å². The highest BCUT2D eigenvalue weighted by Gasteiger charge is 2.15. The number of thioether (sulfide) groups is 1. The fourth-order valence-corrected chi connectivity index (χ4v) is 5.04. The standard InChI is InChI=1S/C22H18ClN3O3S2/c1-26-21(28)15-11-18(13-6-4-3-5-7-13)31-20(15)25-22(26)30-12-19(27)24-16-10-14(23)8-9-17(16)29-2/h3-11H,12H2,1-2H3,(H,24,27). The first-order valence-corrected chi connectivity index (χ1v) is 11.5. The van der Waals surface area contributed by atoms with Crippen molar-refractivity contribution in [3.05, 3.63) is 70.0 Å². The normalized spacial score (nSPS) is 10.9. The van der Waals surface area contributed by atoms with E-state index in [0.717, 1.165) is 10.4 Å². The Balaban J connectivity index is 1.55. The van der Waals surface area contributed by atoms with Gasteiger partial charge < -0.3 is 10.1 Å². The molecule has 0 bridgehead atoms. The third-order valence-corrected chi connectivity index (χ3v) is 6.90. The Kier molecular flexibility index (Phi) is 6.31. The molecule has 31 heavy (non-hydrogen) atoms. The number of benzene rings is 2. The largest absolute Gasteiger partial charge is 0.495 e. The van der Waals surface area contributed by atoms with Crippen molar-refractivity contribution in [1.82, 2.24) is 9.55 Å². The van der Waals surface area contributed by atoms with Crippen LogP contribution in [0.2, 0.25) is 5.02 Å². The topological polar surface area (TPSA) is 73.2 Å². The molecule has 4 rings (SSSR count). The number of nitrogens with zero attached hydrogens (tertiary/aromatic N) is 2. The molecule has 0 radical (unpaired) electrons. The molecular weight excluding hydrogens is 454 g/mol. The minimum absolute atomic E-state index is 0.0817. The molecule has 158 valence electrons. The van der Waals surface area contributed by atoms with Gasteiger partial charge >= 0.3 is 0 Å². The molecular formula is C22H18ClN3O3S2. The zero-order valence-corrected chi connectivity index (χ0v) is 19.1. The van der Waals surface area contributed by atoms with Crippen molar-refractivity contribution in [2.24, 2.45) is 7.05 Å². The van der Waals surface area contributed by atoms with Crippen LogP contribution in [-0.2, 0) is 11.8 Å². The van der Waals surface area contributed by atoms with Crippen LogP contribution in [0.5, 0.6) is 5.75 Å². The smallest absolute Gasteiger partial charge is 0.262 e. The minimum Gasteiger partial charge on any atom is -0.495 e. The summed E-state index contributed by atoms with van der Waals surface area (Å²) >= 11 is 8.67. The van der Waals surface area contributed by atoms with Crippen LogP contribution in [0, 0.1) is 0 Å². The maximum Gasteiger partial charge on any atom is 0.262 e. The van der Waals surface area contributed by atoms with Crippen LogP contribution in [0.25, 0.3) is 20.7 Å². The van der Waals surface area contributed by atoms with Crippen LogP contribution in [0.4, 0.5) is 5.69 Å². The molecule has 4 aromatic rings. The van der Waals surface area contributed by atoms with Crippen molar-refractivity contribution in [2.45, 2.75) is 5.16 Å². The molecule has 0 saturated heterocycles. The van der Waals surface area contributed by atoms with Gasteiger partial charge in [-0.1, -0.05) is 53.7 Å². The summed E-state index contributed by atoms with van der Waals surface area (Å²) in [5, 5.41) is 4.33. The summed E-state index contributed by atoms with van der Waals surface area (Å²) in [4.78, 5) is 31.6. The number of anilines is 1. The van der Waals surface area contributed by atoms with Gasteiger partial charge in [0, 0.05) is 16.9 Å². The van der Waals surface area contributed by atoms with Gasteiger partial charge in [-0.05, 0) is 29.8 Å². The zero-order chi connectivity index (χ0) is 22.0. The molecule has 0 aliphatic heterocycles. The lowest BCUT2D eigenvalue weighted by molar-refractivity contribution is -0.113. The molecule has 9 heteroatoms. The molecule has 2 heterocycles. The number of carbonyl (C=O) groups excluding carboxylic acids is 1. The Labute approximate surface area is 191 Å². The number of halogens is 1. The van der Waals surface area contributed by atoms with Crippen LogP contribution in [0.3, 0.4) is 0 Å². The number of amides is 1. The summed E-state index contributed by atoms with van der Waals surface area (Å²) in [6.45, 7) is 0. The SMILES string of the molecule is COc1ccc(Cl)cc1NC(=O)CSc1nc2sc(-c3ccccc3)cc2c(=O)n1C. The molecule has 0 unspecified atom stereocenters. The fraction of sp³-hybridized carbons (Fsp3) is 0.136. The van der Waals surface area contributed by atoms with E-state index in [-0.39, 0.29) is 17.2 Å². The number of fused-ring (bicyclic) bond motifs is 1. The van der Waals surface area contributed by atoms with Crippen LogP contribution < -0.4 is 15.6 Å². The van der Waals surface area contributed by atoms with E-state index in [1.807, 2.05) is 36.4 Å². The highest BCUT2D eigenvalue weighted by molar-refractivity contribution is 7.99. The number of nitrogens with one attached hydrogen (secondary N) is 1. The monoisotopic (exact) mass is 471 g/mol. The van der Waals surface area contributed by atoms with Crippen LogP contribution in [-0.4, -0.2) is 28.3 Å². The van der Waals surface area contributed by atoms with Crippen molar-refractivity contribution in [1.29, 1.82) is 0 Å². The molecule has 0 atom stereocenters. The average Bonchev–Trinajstić information content (AvgIpc) is 3.20. The Bertz CT molecular complexity index is 1320. The van der Waals surface area contributed by atoms with Crippen molar-refractivity contribution >= 4 is 56.5 Å². The molecule has 0 saturated carbocycles. The molecule has 0 aliphatic carbocycles. The van der Waals surface area contributed by atoms with Crippen molar-refractivity contribution in [3.8, 4) is 16.2 Å². The predicted octanol–water partition coefficient (Wildman–Crippen LogP) is 5.05. The van der Waals surface area contributed by atoms with Gasteiger partial charge in [-0.3, -0.25) is 14.2 Å². The first-order valence-electron chi connectivity index (χ1n) is 9.28. The van der Waals surface area contributed by atoms with Gasteiger partial charge in [0.1, 0.15) is 10.6 Å². The van der Waals surface area contributed by atoms with E-state index in [2.05, 4.69) is 10.3 Å². The number of hydrogen-bond acceptors (Lipinski definition) is 6. The van der Waals surface area contributed by atoms with Gasteiger partial charge in [-0.15, -0.1) is 11.3 Å². The summed E-state index contributed by atoms with van der Waals surface area (Å²) in [7, 11) is 3.18. The molecule has 2 aromatic heterocycles. The van der Waals surface area contributed by atoms with Gasteiger partial charge in [0.25, 0.3) is 5.56 Å². The van der Waals surface area contributed by atoms with Gasteiger partial charge in [0.15, 0.2) is 5.16 Å². The van der Waals surface area contributed by atoms with Crippen LogP contribution >= 0.6 is 34.7 Å². The highest BCUT2D eigenvalue weighted by Crippen LogP contribution is 2.32. The Hall–Kier alpha value is -2.81. The quantitative estimate of drug-likeness (QED) is 0.314. The lowest BCUT2D eigenvalue weighted by atomic mass is 10.2. The van der Waals surface area contributed by atoms with Gasteiger partial charge in [-0.25, -0.2) is 4.98 Å². The molecule has 1 N–H and O–H groups in total. The Morgan fingerprint density at radius 2 is 2.00 bits per heavy atom. The maximum atomic E-state index is 12.8. The summed E-state index contributed by atoms with van der Waals surface area (Å²) in [6.07, 6.45) is 0. The first kappa shape index (κ1) is 21.4. The summed E-state index contributed by atoms with van der Waals surface area (Å²) < 4.78 is 6.72. The molecule has 0 aliphatic rings. The second kappa shape index (κ2) is 9.13. The average molecular weight is 472 g/mol. The number of aromatic nitrogens is 2. The molecule has 0 fully saturated rings. The molecule has 1 amide bonds. The van der Waals surface area contributed by atoms with E-state index in [1.54, 1.807) is 25.2 Å². The number of thiophene rings is 1. The predicted molar refractivity (Wildman–Crippen MR) is 128 cm³/mol. The number of rotatable bonds is 6. The summed E-state index contributed by atoms with van der Waals surface area (Å²) in [6, 6.07) is 16.7. The number of carbonyl (C=O) groups is 1. The fourth-order valence-electron chi connectivity index (χ4n) is 3.02. The van der Waals surface area contributed by atoms with E-state index >= 15 is 0 Å². The zero-order valence-electron chi connectivity index (χ0n) is 16.7. The van der Waals surface area contributed by atoms with Gasteiger partial charge in [0.2, 0.25) is 5.91 Å². The number of ether oxygens (including phenoxy) is 1. The maximum absolute atomic E-state index is 12.8. The lowest BCUT2D eigenvalue weighted by Crippen LogP contribution is -2.21. The lowest BCUT2D eigenvalue weighted by Gasteiger charge is -2.11. The van der Waals surface area contributed by atoms with E-state index in [1.165, 1.54) is 34.8 Å². The minimum atomic E-state index is -0.254. The van der Waals surface area contributed by atoms with Gasteiger partial charge in [0.05, 0.1) is 23.9 Å². The van der Waals surface area contributed by atoms with Crippen molar-refractivity contribution < 1.29 is 9.53 Å². The van der Waals surface area contributed by atoms with Gasteiger partial charge in [-0.2, -0.15) is 0 Å². The van der Waals surface area contributed by atoms with E-state index in [0.29, 0.717) is 31.8 Å². The Morgan fingerprint density at radius 1 is 1.23 bits per heavy atom. The number of methoxy groups -OCH3 is 1. The van der Waals surface area contributed by atoms with Crippen molar-refractivity contribution in [3.63, 3.8) is 0 Å². The second-order valence-electron chi connectivity index (χ2n) is 6.64. The third kappa shape index (κ3) is 4.61. The Morgan fingerprint density at radius 3 is 2.74 bits per heavy atom. The van der Waals surface area contributed by atoms with Crippen LogP contribution in [0.1, 0.15) is 0 Å². The van der Waals surface area contributed by atoms with E-state index < -0.39 is 0 Å². The molecule has 6 nitrogen and oxygen atoms in total. The first-order chi connectivity index (χ1) is 15.0. The third-order valence-electron chi connectivity index (χ3n) is 4.56. The van der Waals surface area contributed by atoms with E-state index in [9.17, 15) is 9.59 Å². The van der Waals surface area contributed by atoms with E-state index in [4.69, 9.17) is 16.3 Å². The molecule has 2 aromatic carbocycles. The van der Waals surface area contributed by atoms with Crippen molar-refractivity contribution in [2.75, 3.05) is 18.2 Å². The second-order valence-corrected chi connectivity index (χ2v) is 9.05. The highest BCUT2D eigenvalue weighted by atomic mass is 35.5.